The summed E-state index contributed by atoms with van der Waals surface area (Å²) < 4.78 is 20.8. The van der Waals surface area contributed by atoms with Crippen LogP contribution in [0.15, 0.2) is 69.6 Å². The van der Waals surface area contributed by atoms with Gasteiger partial charge in [0, 0.05) is 28.2 Å². The van der Waals surface area contributed by atoms with Gasteiger partial charge in [0.15, 0.2) is 16.3 Å². The maximum atomic E-state index is 14.0. The number of rotatable bonds is 5. The van der Waals surface area contributed by atoms with Crippen molar-refractivity contribution < 1.29 is 19.0 Å². The predicted octanol–water partition coefficient (Wildman–Crippen LogP) is 4.98. The number of allylic oxidation sites excluding steroid dienone is 1. The lowest BCUT2D eigenvalue weighted by atomic mass is 9.96. The number of hydrogen-bond acceptors (Lipinski definition) is 7. The van der Waals surface area contributed by atoms with E-state index in [1.807, 2.05) is 56.3 Å². The maximum Gasteiger partial charge on any atom is 0.338 e. The van der Waals surface area contributed by atoms with E-state index in [0.29, 0.717) is 31.4 Å². The van der Waals surface area contributed by atoms with Crippen LogP contribution in [0, 0.1) is 13.8 Å². The molecule has 0 saturated carbocycles. The second-order valence-electron chi connectivity index (χ2n) is 10.3. The topological polar surface area (TPSA) is 84.0 Å². The average Bonchev–Trinajstić information content (AvgIpc) is 3.59. The Kier molecular flexibility index (Phi) is 6.87. The van der Waals surface area contributed by atoms with Gasteiger partial charge < -0.3 is 18.8 Å². The number of benzene rings is 2. The number of aromatic nitrogens is 2. The molecular weight excluding hydrogens is 562 g/mol. The molecule has 0 saturated heterocycles. The molecule has 10 heteroatoms. The molecule has 0 unspecified atom stereocenters. The molecule has 210 valence electrons. The number of esters is 1. The van der Waals surface area contributed by atoms with E-state index in [1.165, 1.54) is 11.3 Å². The van der Waals surface area contributed by atoms with Crippen LogP contribution in [0.3, 0.4) is 0 Å². The van der Waals surface area contributed by atoms with E-state index in [0.717, 1.165) is 34.0 Å². The van der Waals surface area contributed by atoms with E-state index in [9.17, 15) is 9.59 Å². The first-order valence-corrected chi connectivity index (χ1v) is 14.4. The van der Waals surface area contributed by atoms with Crippen LogP contribution >= 0.6 is 22.9 Å². The molecule has 4 heterocycles. The van der Waals surface area contributed by atoms with Crippen LogP contribution in [0.4, 0.5) is 0 Å². The summed E-state index contributed by atoms with van der Waals surface area (Å²) >= 11 is 7.46. The first kappa shape index (κ1) is 27.1. The molecule has 1 atom stereocenters. The second kappa shape index (κ2) is 10.4. The number of thiazole rings is 1. The molecule has 4 aromatic rings. The standard InChI is InChI=1S/C31H28ClN3O5S/c1-16(2)40-30(37)27-18(4)33-31-35(28(27)20-6-8-22(32)9-7-20)29(36)26(41-31)13-21-12-17(3)34(19(21)5)23-10-11-24-25(14-23)39-15-38-24/h6-14,16,28H,15H2,1-5H3/b26-13+/t28-/m0/s1. The van der Waals surface area contributed by atoms with E-state index in [-0.39, 0.29) is 18.5 Å². The van der Waals surface area contributed by atoms with Gasteiger partial charge >= 0.3 is 5.97 Å². The summed E-state index contributed by atoms with van der Waals surface area (Å²) in [4.78, 5) is 32.5. The van der Waals surface area contributed by atoms with Crippen molar-refractivity contribution in [3.05, 3.63) is 107 Å². The summed E-state index contributed by atoms with van der Waals surface area (Å²) in [5.41, 5.74) is 5.19. The highest BCUT2D eigenvalue weighted by molar-refractivity contribution is 7.07. The van der Waals surface area contributed by atoms with E-state index >= 15 is 0 Å². The largest absolute Gasteiger partial charge is 0.459 e. The van der Waals surface area contributed by atoms with Gasteiger partial charge in [-0.25, -0.2) is 9.79 Å². The zero-order valence-corrected chi connectivity index (χ0v) is 24.8. The average molecular weight is 590 g/mol. The van der Waals surface area contributed by atoms with E-state index in [2.05, 4.69) is 9.56 Å². The van der Waals surface area contributed by atoms with Crippen molar-refractivity contribution in [2.24, 2.45) is 4.99 Å². The van der Waals surface area contributed by atoms with Crippen molar-refractivity contribution >= 4 is 35.0 Å². The van der Waals surface area contributed by atoms with Crippen LogP contribution in [0.5, 0.6) is 11.5 Å². The number of fused-ring (bicyclic) bond motifs is 2. The minimum absolute atomic E-state index is 0.210. The van der Waals surface area contributed by atoms with Crippen molar-refractivity contribution in [3.63, 3.8) is 0 Å². The Hall–Kier alpha value is -4.08. The van der Waals surface area contributed by atoms with Crippen molar-refractivity contribution in [3.8, 4) is 17.2 Å². The van der Waals surface area contributed by atoms with Gasteiger partial charge in [-0.1, -0.05) is 35.1 Å². The zero-order chi connectivity index (χ0) is 29.0. The fraction of sp³-hybridized carbons (Fsp3) is 0.258. The fourth-order valence-corrected chi connectivity index (χ4v) is 6.48. The lowest BCUT2D eigenvalue weighted by Gasteiger charge is -2.25. The van der Waals surface area contributed by atoms with Crippen LogP contribution in [-0.2, 0) is 9.53 Å². The van der Waals surface area contributed by atoms with Crippen LogP contribution < -0.4 is 24.4 Å². The number of carbonyl (C=O) groups excluding carboxylic acids is 1. The van der Waals surface area contributed by atoms with Gasteiger partial charge in [-0.3, -0.25) is 9.36 Å². The third-order valence-electron chi connectivity index (χ3n) is 7.14. The van der Waals surface area contributed by atoms with Crippen LogP contribution in [0.1, 0.15) is 49.3 Å². The molecule has 0 fully saturated rings. The number of ether oxygens (including phenoxy) is 3. The Bertz CT molecular complexity index is 1910. The monoisotopic (exact) mass is 589 g/mol. The zero-order valence-electron chi connectivity index (χ0n) is 23.2. The van der Waals surface area contributed by atoms with Gasteiger partial charge in [-0.05, 0) is 82.2 Å². The van der Waals surface area contributed by atoms with Gasteiger partial charge in [0.1, 0.15) is 0 Å². The number of carbonyl (C=O) groups is 1. The van der Waals surface area contributed by atoms with Gasteiger partial charge in [0.05, 0.1) is 27.9 Å². The normalized spacial score (nSPS) is 16.3. The number of halogens is 1. The van der Waals surface area contributed by atoms with Crippen LogP contribution in [0.2, 0.25) is 5.02 Å². The summed E-state index contributed by atoms with van der Waals surface area (Å²) in [5.74, 6) is 0.928. The second-order valence-corrected chi connectivity index (χ2v) is 11.7. The molecule has 0 aliphatic carbocycles. The quantitative estimate of drug-likeness (QED) is 0.307. The Morgan fingerprint density at radius 2 is 1.83 bits per heavy atom. The minimum Gasteiger partial charge on any atom is -0.459 e. The van der Waals surface area contributed by atoms with Gasteiger partial charge in [0.2, 0.25) is 6.79 Å². The third-order valence-corrected chi connectivity index (χ3v) is 8.38. The molecule has 0 radical (unpaired) electrons. The van der Waals surface area contributed by atoms with Crippen LogP contribution in [-0.4, -0.2) is 28.0 Å². The lowest BCUT2D eigenvalue weighted by Crippen LogP contribution is -2.40. The summed E-state index contributed by atoms with van der Waals surface area (Å²) in [5, 5.41) is 0.561. The first-order chi connectivity index (χ1) is 19.6. The Morgan fingerprint density at radius 3 is 2.56 bits per heavy atom. The summed E-state index contributed by atoms with van der Waals surface area (Å²) in [6.45, 7) is 9.60. The molecule has 0 bridgehead atoms. The molecule has 8 nitrogen and oxygen atoms in total. The number of nitrogens with zero attached hydrogens (tertiary/aromatic N) is 3. The molecule has 2 aliphatic heterocycles. The SMILES string of the molecule is CC1=C(C(=O)OC(C)C)[C@H](c2ccc(Cl)cc2)n2c(s/c(=C/c3cc(C)n(-c4ccc5c(c4)OCO5)c3C)c2=O)=N1. The highest BCUT2D eigenvalue weighted by atomic mass is 35.5. The highest BCUT2D eigenvalue weighted by Crippen LogP contribution is 2.35. The summed E-state index contributed by atoms with van der Waals surface area (Å²) in [7, 11) is 0. The molecule has 2 aromatic heterocycles. The van der Waals surface area contributed by atoms with Gasteiger partial charge in [-0.2, -0.15) is 0 Å². The molecule has 41 heavy (non-hydrogen) atoms. The lowest BCUT2D eigenvalue weighted by molar-refractivity contribution is -0.143. The molecule has 2 aromatic carbocycles. The minimum atomic E-state index is -0.696. The Balaban J connectivity index is 1.49. The van der Waals surface area contributed by atoms with Crippen molar-refractivity contribution in [2.75, 3.05) is 6.79 Å². The van der Waals surface area contributed by atoms with Crippen molar-refractivity contribution in [1.82, 2.24) is 9.13 Å². The van der Waals surface area contributed by atoms with Crippen LogP contribution in [0.25, 0.3) is 11.8 Å². The Labute approximate surface area is 245 Å². The molecule has 0 amide bonds. The maximum absolute atomic E-state index is 14.0. The predicted molar refractivity (Wildman–Crippen MR) is 158 cm³/mol. The van der Waals surface area contributed by atoms with E-state index < -0.39 is 12.0 Å². The smallest absolute Gasteiger partial charge is 0.338 e. The number of hydrogen-bond donors (Lipinski definition) is 0. The molecule has 0 N–H and O–H groups in total. The summed E-state index contributed by atoms with van der Waals surface area (Å²) in [6.07, 6.45) is 1.57. The first-order valence-electron chi connectivity index (χ1n) is 13.2. The van der Waals surface area contributed by atoms with Crippen molar-refractivity contribution in [2.45, 2.75) is 46.8 Å². The molecule has 2 aliphatic rings. The van der Waals surface area contributed by atoms with Gasteiger partial charge in [0.25, 0.3) is 5.56 Å². The fourth-order valence-electron chi connectivity index (χ4n) is 5.32. The molecule has 6 rings (SSSR count). The number of aryl methyl sites for hydroxylation is 1. The van der Waals surface area contributed by atoms with E-state index in [1.54, 1.807) is 37.5 Å². The third kappa shape index (κ3) is 4.79. The van der Waals surface area contributed by atoms with Gasteiger partial charge in [-0.15, -0.1) is 0 Å². The molecule has 0 spiro atoms. The highest BCUT2D eigenvalue weighted by Gasteiger charge is 2.33. The van der Waals surface area contributed by atoms with Crippen molar-refractivity contribution in [1.29, 1.82) is 0 Å². The molecular formula is C31H28ClN3O5S. The van der Waals surface area contributed by atoms with E-state index in [4.69, 9.17) is 25.8 Å². The Morgan fingerprint density at radius 1 is 1.10 bits per heavy atom. The summed E-state index contributed by atoms with van der Waals surface area (Å²) in [6, 6.07) is 14.3.